The molecule has 3 rings (SSSR count). The Labute approximate surface area is 166 Å². The molecule has 1 fully saturated rings. The van der Waals surface area contributed by atoms with Gasteiger partial charge in [-0.1, -0.05) is 25.7 Å². The number of aromatic nitrogens is 1. The highest BCUT2D eigenvalue weighted by Crippen LogP contribution is 2.20. The minimum atomic E-state index is -0.146. The minimum absolute atomic E-state index is 0.146. The van der Waals surface area contributed by atoms with Crippen LogP contribution >= 0.6 is 0 Å². The molecule has 0 bridgehead atoms. The monoisotopic (exact) mass is 383 g/mol. The molecule has 1 amide bonds. The van der Waals surface area contributed by atoms with E-state index in [-0.39, 0.29) is 5.91 Å². The van der Waals surface area contributed by atoms with Crippen molar-refractivity contribution in [3.05, 3.63) is 48.2 Å². The SMILES string of the molecule is COc1ccc(OCCNC(=O)c2ccc(NC3CCCCCC3)nc2)cc1. The van der Waals surface area contributed by atoms with Crippen LogP contribution in [0.15, 0.2) is 42.6 Å². The van der Waals surface area contributed by atoms with Gasteiger partial charge in [-0.2, -0.15) is 0 Å². The average molecular weight is 383 g/mol. The lowest BCUT2D eigenvalue weighted by Gasteiger charge is -2.16. The quantitative estimate of drug-likeness (QED) is 0.532. The Kier molecular flexibility index (Phi) is 7.53. The van der Waals surface area contributed by atoms with Crippen molar-refractivity contribution in [2.24, 2.45) is 0 Å². The lowest BCUT2D eigenvalue weighted by molar-refractivity contribution is 0.0946. The average Bonchev–Trinajstić information content (AvgIpc) is 3.01. The molecule has 0 aliphatic heterocycles. The maximum Gasteiger partial charge on any atom is 0.252 e. The van der Waals surface area contributed by atoms with E-state index in [4.69, 9.17) is 9.47 Å². The van der Waals surface area contributed by atoms with Gasteiger partial charge in [-0.25, -0.2) is 4.98 Å². The summed E-state index contributed by atoms with van der Waals surface area (Å²) in [5.74, 6) is 2.22. The fourth-order valence-corrected chi connectivity index (χ4v) is 3.35. The Hall–Kier alpha value is -2.76. The van der Waals surface area contributed by atoms with Crippen LogP contribution in [-0.4, -0.2) is 37.2 Å². The van der Waals surface area contributed by atoms with E-state index in [1.54, 1.807) is 13.3 Å². The number of hydrogen-bond donors (Lipinski definition) is 2. The first-order valence-electron chi connectivity index (χ1n) is 10.0. The molecule has 1 aliphatic carbocycles. The number of anilines is 1. The van der Waals surface area contributed by atoms with Crippen molar-refractivity contribution in [3.8, 4) is 11.5 Å². The molecule has 0 radical (unpaired) electrons. The van der Waals surface area contributed by atoms with E-state index in [9.17, 15) is 4.79 Å². The van der Waals surface area contributed by atoms with Crippen molar-refractivity contribution in [2.75, 3.05) is 25.6 Å². The Morgan fingerprint density at radius 3 is 2.39 bits per heavy atom. The molecule has 1 aromatic heterocycles. The molecule has 1 heterocycles. The van der Waals surface area contributed by atoms with Gasteiger partial charge in [0.05, 0.1) is 19.2 Å². The zero-order valence-corrected chi connectivity index (χ0v) is 16.4. The van der Waals surface area contributed by atoms with E-state index in [1.165, 1.54) is 38.5 Å². The molecular weight excluding hydrogens is 354 g/mol. The molecule has 0 spiro atoms. The summed E-state index contributed by atoms with van der Waals surface area (Å²) in [6, 6.07) is 11.5. The van der Waals surface area contributed by atoms with Crippen LogP contribution in [0.3, 0.4) is 0 Å². The zero-order valence-electron chi connectivity index (χ0n) is 16.4. The summed E-state index contributed by atoms with van der Waals surface area (Å²) in [5, 5.41) is 6.35. The standard InChI is InChI=1S/C22H29N3O3/c1-27-19-9-11-20(12-10-19)28-15-14-23-22(26)17-8-13-21(24-16-17)25-18-6-4-2-3-5-7-18/h8-13,16,18H,2-7,14-15H2,1H3,(H,23,26)(H,24,25). The number of amides is 1. The van der Waals surface area contributed by atoms with Crippen LogP contribution < -0.4 is 20.1 Å². The van der Waals surface area contributed by atoms with Crippen molar-refractivity contribution >= 4 is 11.7 Å². The van der Waals surface area contributed by atoms with Crippen LogP contribution in [0.1, 0.15) is 48.9 Å². The minimum Gasteiger partial charge on any atom is -0.497 e. The molecule has 1 aliphatic rings. The summed E-state index contributed by atoms with van der Waals surface area (Å²) in [6.45, 7) is 0.819. The summed E-state index contributed by atoms with van der Waals surface area (Å²) < 4.78 is 10.7. The molecule has 1 saturated carbocycles. The predicted octanol–water partition coefficient (Wildman–Crippen LogP) is 4.03. The first-order valence-corrected chi connectivity index (χ1v) is 10.0. The molecule has 150 valence electrons. The summed E-state index contributed by atoms with van der Waals surface area (Å²) >= 11 is 0. The summed E-state index contributed by atoms with van der Waals surface area (Å²) in [6.07, 6.45) is 9.21. The predicted molar refractivity (Wildman–Crippen MR) is 110 cm³/mol. The largest absolute Gasteiger partial charge is 0.497 e. The molecule has 0 saturated heterocycles. The van der Waals surface area contributed by atoms with Gasteiger partial charge in [-0.15, -0.1) is 0 Å². The van der Waals surface area contributed by atoms with Gasteiger partial charge in [0.15, 0.2) is 0 Å². The first kappa shape index (κ1) is 20.0. The zero-order chi connectivity index (χ0) is 19.6. The lowest BCUT2D eigenvalue weighted by atomic mass is 10.1. The van der Waals surface area contributed by atoms with Crippen molar-refractivity contribution < 1.29 is 14.3 Å². The van der Waals surface area contributed by atoms with Gasteiger partial charge in [0, 0.05) is 12.2 Å². The van der Waals surface area contributed by atoms with E-state index < -0.39 is 0 Å². The van der Waals surface area contributed by atoms with E-state index in [1.807, 2.05) is 36.4 Å². The summed E-state index contributed by atoms with van der Waals surface area (Å²) in [5.41, 5.74) is 0.552. The van der Waals surface area contributed by atoms with Crippen LogP contribution in [-0.2, 0) is 0 Å². The Balaban J connectivity index is 1.40. The number of pyridine rings is 1. The normalized spacial score (nSPS) is 14.8. The fourth-order valence-electron chi connectivity index (χ4n) is 3.35. The highest BCUT2D eigenvalue weighted by Gasteiger charge is 2.13. The molecule has 1 aromatic carbocycles. The van der Waals surface area contributed by atoms with Crippen LogP contribution in [0, 0.1) is 0 Å². The number of hydrogen-bond acceptors (Lipinski definition) is 5. The van der Waals surface area contributed by atoms with Gasteiger partial charge in [0.25, 0.3) is 5.91 Å². The van der Waals surface area contributed by atoms with E-state index in [2.05, 4.69) is 15.6 Å². The van der Waals surface area contributed by atoms with Gasteiger partial charge >= 0.3 is 0 Å². The van der Waals surface area contributed by atoms with Crippen molar-refractivity contribution in [2.45, 2.75) is 44.6 Å². The van der Waals surface area contributed by atoms with Crippen LogP contribution in [0.2, 0.25) is 0 Å². The number of nitrogens with zero attached hydrogens (tertiary/aromatic N) is 1. The molecule has 6 heteroatoms. The first-order chi connectivity index (χ1) is 13.7. The van der Waals surface area contributed by atoms with Crippen LogP contribution in [0.5, 0.6) is 11.5 Å². The smallest absolute Gasteiger partial charge is 0.252 e. The molecule has 0 atom stereocenters. The Morgan fingerprint density at radius 2 is 1.75 bits per heavy atom. The van der Waals surface area contributed by atoms with Crippen molar-refractivity contribution in [1.29, 1.82) is 0 Å². The number of ether oxygens (including phenoxy) is 2. The van der Waals surface area contributed by atoms with Crippen LogP contribution in [0.4, 0.5) is 5.82 Å². The van der Waals surface area contributed by atoms with Gasteiger partial charge in [-0.05, 0) is 49.2 Å². The molecule has 2 aromatic rings. The third-order valence-electron chi connectivity index (χ3n) is 4.95. The van der Waals surface area contributed by atoms with Gasteiger partial charge in [-0.3, -0.25) is 4.79 Å². The van der Waals surface area contributed by atoms with Gasteiger partial charge in [0.1, 0.15) is 23.9 Å². The number of nitrogens with one attached hydrogen (secondary N) is 2. The Bertz CT molecular complexity index is 724. The molecule has 28 heavy (non-hydrogen) atoms. The molecule has 2 N–H and O–H groups in total. The fraction of sp³-hybridized carbons (Fsp3) is 0.455. The van der Waals surface area contributed by atoms with Crippen molar-refractivity contribution in [1.82, 2.24) is 10.3 Å². The molecular formula is C22H29N3O3. The maximum atomic E-state index is 12.2. The number of benzene rings is 1. The molecule has 6 nitrogen and oxygen atoms in total. The van der Waals surface area contributed by atoms with Crippen molar-refractivity contribution in [3.63, 3.8) is 0 Å². The topological polar surface area (TPSA) is 72.5 Å². The number of rotatable bonds is 8. The third kappa shape index (κ3) is 6.15. The summed E-state index contributed by atoms with van der Waals surface area (Å²) in [4.78, 5) is 16.6. The maximum absolute atomic E-state index is 12.2. The highest BCUT2D eigenvalue weighted by molar-refractivity contribution is 5.94. The highest BCUT2D eigenvalue weighted by atomic mass is 16.5. The number of methoxy groups -OCH3 is 1. The van der Waals surface area contributed by atoms with E-state index in [0.717, 1.165) is 17.3 Å². The van der Waals surface area contributed by atoms with Gasteiger partial charge < -0.3 is 20.1 Å². The Morgan fingerprint density at radius 1 is 1.04 bits per heavy atom. The third-order valence-corrected chi connectivity index (χ3v) is 4.95. The van der Waals surface area contributed by atoms with E-state index in [0.29, 0.717) is 24.8 Å². The lowest BCUT2D eigenvalue weighted by Crippen LogP contribution is -2.28. The number of carbonyl (C=O) groups excluding carboxylic acids is 1. The second-order valence-corrected chi connectivity index (χ2v) is 7.04. The summed E-state index contributed by atoms with van der Waals surface area (Å²) in [7, 11) is 1.63. The van der Waals surface area contributed by atoms with Crippen LogP contribution in [0.25, 0.3) is 0 Å². The second kappa shape index (κ2) is 10.5. The van der Waals surface area contributed by atoms with Gasteiger partial charge in [0.2, 0.25) is 0 Å². The second-order valence-electron chi connectivity index (χ2n) is 7.04. The van der Waals surface area contributed by atoms with E-state index >= 15 is 0 Å². The molecule has 0 unspecified atom stereocenters. The number of carbonyl (C=O) groups is 1.